The minimum Gasteiger partial charge on any atom is -0.507 e. The number of unbranched alkanes of at least 4 members (excludes halogenated alkanes) is 3. The summed E-state index contributed by atoms with van der Waals surface area (Å²) in [5.74, 6) is 0.216. The molecule has 0 saturated heterocycles. The fourth-order valence-electron chi connectivity index (χ4n) is 4.43. The summed E-state index contributed by atoms with van der Waals surface area (Å²) in [5, 5.41) is 19.7. The van der Waals surface area contributed by atoms with Crippen LogP contribution in [0, 0.1) is 0 Å². The molecular formula is C29H36O8. The average Bonchev–Trinajstić information content (AvgIpc) is 2.86. The minimum atomic E-state index is -1.00. The third-order valence-corrected chi connectivity index (χ3v) is 6.44. The van der Waals surface area contributed by atoms with Gasteiger partial charge in [0, 0.05) is 11.6 Å². The summed E-state index contributed by atoms with van der Waals surface area (Å²) < 4.78 is 17.4. The Morgan fingerprint density at radius 3 is 2.19 bits per heavy atom. The predicted molar refractivity (Wildman–Crippen MR) is 138 cm³/mol. The summed E-state index contributed by atoms with van der Waals surface area (Å²) in [5.41, 5.74) is 2.29. The number of hydrogen-bond donors (Lipinski definition) is 2. The Balaban J connectivity index is 1.46. The van der Waals surface area contributed by atoms with Crippen LogP contribution in [0.5, 0.6) is 23.0 Å². The number of carboxylic acid groups (broad SMARTS) is 1. The molecule has 2 aromatic rings. The molecule has 1 heterocycles. The smallest absolute Gasteiger partial charge is 0.344 e. The van der Waals surface area contributed by atoms with Gasteiger partial charge in [-0.3, -0.25) is 9.59 Å². The van der Waals surface area contributed by atoms with Crippen LogP contribution in [0.25, 0.3) is 0 Å². The topological polar surface area (TPSA) is 119 Å². The van der Waals surface area contributed by atoms with Crippen LogP contribution < -0.4 is 14.2 Å². The Morgan fingerprint density at radius 2 is 1.59 bits per heavy atom. The Labute approximate surface area is 217 Å². The van der Waals surface area contributed by atoms with Gasteiger partial charge in [-0.15, -0.1) is 0 Å². The molecule has 0 bridgehead atoms. The molecule has 2 N–H and O–H groups in total. The van der Waals surface area contributed by atoms with Crippen LogP contribution in [0.3, 0.4) is 0 Å². The molecule has 1 aliphatic heterocycles. The number of hydrogen-bond acceptors (Lipinski definition) is 7. The number of phenols is 1. The van der Waals surface area contributed by atoms with Crippen LogP contribution >= 0.6 is 0 Å². The number of ether oxygens (including phenoxy) is 3. The number of carbonyl (C=O) groups excluding carboxylic acids is 2. The average molecular weight is 513 g/mol. The van der Waals surface area contributed by atoms with E-state index < -0.39 is 12.1 Å². The molecule has 0 spiro atoms. The van der Waals surface area contributed by atoms with Crippen molar-refractivity contribution in [2.75, 3.05) is 13.2 Å². The largest absolute Gasteiger partial charge is 0.507 e. The second-order valence-corrected chi connectivity index (χ2v) is 9.35. The summed E-state index contributed by atoms with van der Waals surface area (Å²) in [4.78, 5) is 35.1. The van der Waals surface area contributed by atoms with E-state index in [4.69, 9.17) is 14.2 Å². The van der Waals surface area contributed by atoms with Gasteiger partial charge in [-0.05, 0) is 82.6 Å². The van der Waals surface area contributed by atoms with Crippen molar-refractivity contribution in [3.8, 4) is 23.0 Å². The molecule has 1 atom stereocenters. The fourth-order valence-corrected chi connectivity index (χ4v) is 4.43. The van der Waals surface area contributed by atoms with Crippen molar-refractivity contribution in [2.24, 2.45) is 0 Å². The first kappa shape index (κ1) is 28.0. The summed E-state index contributed by atoms with van der Waals surface area (Å²) in [7, 11) is 0. The molecule has 0 aromatic heterocycles. The van der Waals surface area contributed by atoms with E-state index in [1.54, 1.807) is 24.3 Å². The molecule has 0 saturated carbocycles. The maximum Gasteiger partial charge on any atom is 0.344 e. The molecule has 8 heteroatoms. The molecule has 1 aliphatic rings. The van der Waals surface area contributed by atoms with Gasteiger partial charge in [0.2, 0.25) is 0 Å². The quantitative estimate of drug-likeness (QED) is 0.250. The molecule has 1 unspecified atom stereocenters. The number of benzene rings is 2. The monoisotopic (exact) mass is 512 g/mol. The Morgan fingerprint density at radius 1 is 0.946 bits per heavy atom. The SMILES string of the molecule is CCCc1c(OCCCCCCOc2cc3c(cc2C(C)=O)CCC(C(=O)O)O3)ccc(C(C)=O)c1O. The zero-order valence-electron chi connectivity index (χ0n) is 21.8. The number of phenolic OH excluding ortho intramolecular Hbond substituents is 1. The highest BCUT2D eigenvalue weighted by Crippen LogP contribution is 2.35. The number of carbonyl (C=O) groups is 3. The van der Waals surface area contributed by atoms with E-state index in [2.05, 4.69) is 0 Å². The van der Waals surface area contributed by atoms with Gasteiger partial charge in [0.25, 0.3) is 0 Å². The number of rotatable bonds is 14. The molecule has 37 heavy (non-hydrogen) atoms. The van der Waals surface area contributed by atoms with Gasteiger partial charge in [-0.2, -0.15) is 0 Å². The van der Waals surface area contributed by atoms with Crippen LogP contribution in [0.2, 0.25) is 0 Å². The maximum atomic E-state index is 12.1. The first-order valence-corrected chi connectivity index (χ1v) is 12.9. The Hall–Kier alpha value is -3.55. The van der Waals surface area contributed by atoms with Gasteiger partial charge in [-0.1, -0.05) is 13.3 Å². The van der Waals surface area contributed by atoms with Crippen molar-refractivity contribution in [2.45, 2.75) is 78.2 Å². The zero-order valence-corrected chi connectivity index (χ0v) is 21.8. The van der Waals surface area contributed by atoms with E-state index in [0.29, 0.717) is 66.4 Å². The number of aryl methyl sites for hydroxylation is 1. The molecule has 0 radical (unpaired) electrons. The van der Waals surface area contributed by atoms with Crippen LogP contribution in [0.15, 0.2) is 24.3 Å². The van der Waals surface area contributed by atoms with E-state index >= 15 is 0 Å². The molecule has 0 aliphatic carbocycles. The van der Waals surface area contributed by atoms with E-state index in [1.807, 2.05) is 6.92 Å². The molecule has 3 rings (SSSR count). The molecule has 200 valence electrons. The van der Waals surface area contributed by atoms with E-state index in [0.717, 1.165) is 37.7 Å². The second-order valence-electron chi connectivity index (χ2n) is 9.35. The van der Waals surface area contributed by atoms with Gasteiger partial charge in [-0.25, -0.2) is 4.79 Å². The lowest BCUT2D eigenvalue weighted by Crippen LogP contribution is -2.31. The van der Waals surface area contributed by atoms with Gasteiger partial charge in [0.15, 0.2) is 17.7 Å². The molecular weight excluding hydrogens is 476 g/mol. The maximum absolute atomic E-state index is 12.1. The van der Waals surface area contributed by atoms with Crippen molar-refractivity contribution >= 4 is 17.5 Å². The van der Waals surface area contributed by atoms with Crippen molar-refractivity contribution in [1.29, 1.82) is 0 Å². The van der Waals surface area contributed by atoms with Gasteiger partial charge < -0.3 is 24.4 Å². The number of aliphatic carboxylic acids is 1. The molecule has 2 aromatic carbocycles. The lowest BCUT2D eigenvalue weighted by Gasteiger charge is -2.24. The third-order valence-electron chi connectivity index (χ3n) is 6.44. The van der Waals surface area contributed by atoms with Crippen LogP contribution in [0.4, 0.5) is 0 Å². The fraction of sp³-hybridized carbons (Fsp3) is 0.483. The number of carboxylic acids is 1. The number of aromatic hydroxyl groups is 1. The van der Waals surface area contributed by atoms with Gasteiger partial charge in [0.05, 0.1) is 24.3 Å². The zero-order chi connectivity index (χ0) is 26.9. The Kier molecular flexibility index (Phi) is 9.94. The minimum absolute atomic E-state index is 0.0139. The summed E-state index contributed by atoms with van der Waals surface area (Å²) in [6.07, 6.45) is 4.89. The number of Topliss-reactive ketones (excluding diaryl/α,β-unsaturated/α-hetero) is 2. The van der Waals surface area contributed by atoms with Gasteiger partial charge >= 0.3 is 5.97 Å². The van der Waals surface area contributed by atoms with Crippen molar-refractivity contribution in [3.05, 3.63) is 46.5 Å². The molecule has 0 amide bonds. The van der Waals surface area contributed by atoms with Crippen molar-refractivity contribution in [3.63, 3.8) is 0 Å². The summed E-state index contributed by atoms with van der Waals surface area (Å²) in [6.45, 7) is 5.85. The van der Waals surface area contributed by atoms with Crippen molar-refractivity contribution in [1.82, 2.24) is 0 Å². The molecule has 8 nitrogen and oxygen atoms in total. The summed E-state index contributed by atoms with van der Waals surface area (Å²) >= 11 is 0. The number of fused-ring (bicyclic) bond motifs is 1. The highest BCUT2D eigenvalue weighted by atomic mass is 16.5. The van der Waals surface area contributed by atoms with E-state index in [1.165, 1.54) is 13.8 Å². The summed E-state index contributed by atoms with van der Waals surface area (Å²) in [6, 6.07) is 6.74. The number of ketones is 2. The van der Waals surface area contributed by atoms with Crippen LogP contribution in [0.1, 0.15) is 91.1 Å². The second kappa shape index (κ2) is 13.1. The Bertz CT molecular complexity index is 1140. The van der Waals surface area contributed by atoms with E-state index in [-0.39, 0.29) is 17.3 Å². The van der Waals surface area contributed by atoms with Crippen LogP contribution in [-0.2, 0) is 17.6 Å². The predicted octanol–water partition coefficient (Wildman–Crippen LogP) is 5.55. The lowest BCUT2D eigenvalue weighted by atomic mass is 9.98. The molecule has 0 fully saturated rings. The highest BCUT2D eigenvalue weighted by Gasteiger charge is 2.27. The van der Waals surface area contributed by atoms with Gasteiger partial charge in [0.1, 0.15) is 23.0 Å². The van der Waals surface area contributed by atoms with E-state index in [9.17, 15) is 24.6 Å². The standard InChI is InChI=1S/C29H36O8/c1-4-9-22-24(13-11-21(18(2)30)28(22)32)35-14-7-5-6-8-15-36-27-17-26-20(16-23(27)19(3)31)10-12-25(37-26)29(33)34/h11,13,16-17,25,32H,4-10,12,14-15H2,1-3H3,(H,33,34). The first-order chi connectivity index (χ1) is 17.7. The first-order valence-electron chi connectivity index (χ1n) is 12.9. The normalized spacial score (nSPS) is 14.4. The lowest BCUT2D eigenvalue weighted by molar-refractivity contribution is -0.145. The van der Waals surface area contributed by atoms with Crippen LogP contribution in [-0.4, -0.2) is 47.1 Å². The third kappa shape index (κ3) is 7.24. The highest BCUT2D eigenvalue weighted by molar-refractivity contribution is 5.98. The van der Waals surface area contributed by atoms with Crippen molar-refractivity contribution < 1.29 is 38.8 Å².